The molecule has 0 bridgehead atoms. The van der Waals surface area contributed by atoms with Crippen LogP contribution >= 0.6 is 0 Å². The van der Waals surface area contributed by atoms with Gasteiger partial charge >= 0.3 is 0 Å². The van der Waals surface area contributed by atoms with E-state index < -0.39 is 0 Å². The van der Waals surface area contributed by atoms with E-state index >= 15 is 0 Å². The Morgan fingerprint density at radius 3 is 2.33 bits per heavy atom. The summed E-state index contributed by atoms with van der Waals surface area (Å²) in [5.74, 6) is 0.320. The highest BCUT2D eigenvalue weighted by Crippen LogP contribution is 2.20. The first-order valence-corrected chi connectivity index (χ1v) is 8.61. The van der Waals surface area contributed by atoms with E-state index in [1.807, 2.05) is 12.1 Å². The molecule has 2 aromatic carbocycles. The van der Waals surface area contributed by atoms with Crippen LogP contribution in [0.15, 0.2) is 54.6 Å². The lowest BCUT2D eigenvalue weighted by Gasteiger charge is -2.32. The summed E-state index contributed by atoms with van der Waals surface area (Å²) in [5.41, 5.74) is 8.25. The van der Waals surface area contributed by atoms with Gasteiger partial charge in [-0.2, -0.15) is 0 Å². The third kappa shape index (κ3) is 4.59. The van der Waals surface area contributed by atoms with Crippen LogP contribution in [0.1, 0.15) is 28.8 Å². The molecule has 3 N–H and O–H groups in total. The third-order valence-corrected chi connectivity index (χ3v) is 4.72. The van der Waals surface area contributed by atoms with Crippen LogP contribution in [0.4, 0.5) is 5.69 Å². The molecular formula is C20H25N3O. The minimum Gasteiger partial charge on any atom is -0.385 e. The van der Waals surface area contributed by atoms with Gasteiger partial charge in [-0.1, -0.05) is 30.3 Å². The van der Waals surface area contributed by atoms with E-state index in [2.05, 4.69) is 40.5 Å². The second kappa shape index (κ2) is 7.97. The lowest BCUT2D eigenvalue weighted by Crippen LogP contribution is -2.35. The molecule has 1 fully saturated rings. The standard InChI is InChI=1S/C20H25N3O/c21-20(24)18-6-8-19(9-7-18)22-14-16-10-12-23(13-11-16)15-17-4-2-1-3-5-17/h1-9,16,22H,10-15H2,(H2,21,24). The number of hydrogen-bond acceptors (Lipinski definition) is 3. The summed E-state index contributed by atoms with van der Waals surface area (Å²) >= 11 is 0. The van der Waals surface area contributed by atoms with E-state index in [0.29, 0.717) is 11.5 Å². The van der Waals surface area contributed by atoms with Crippen LogP contribution in [-0.4, -0.2) is 30.4 Å². The number of nitrogens with two attached hydrogens (primary N) is 1. The topological polar surface area (TPSA) is 58.4 Å². The molecule has 24 heavy (non-hydrogen) atoms. The smallest absolute Gasteiger partial charge is 0.248 e. The molecule has 1 saturated heterocycles. The van der Waals surface area contributed by atoms with Crippen LogP contribution in [0, 0.1) is 5.92 Å². The van der Waals surface area contributed by atoms with Gasteiger partial charge < -0.3 is 11.1 Å². The summed E-state index contributed by atoms with van der Waals surface area (Å²) in [6.45, 7) is 4.34. The Balaban J connectivity index is 1.41. The van der Waals surface area contributed by atoms with Crippen molar-refractivity contribution in [2.45, 2.75) is 19.4 Å². The maximum Gasteiger partial charge on any atom is 0.248 e. The van der Waals surface area contributed by atoms with Crippen LogP contribution in [-0.2, 0) is 6.54 Å². The molecule has 0 saturated carbocycles. The highest BCUT2D eigenvalue weighted by atomic mass is 16.1. The second-order valence-corrected chi connectivity index (χ2v) is 6.53. The average molecular weight is 323 g/mol. The summed E-state index contributed by atoms with van der Waals surface area (Å²) in [5, 5.41) is 3.47. The van der Waals surface area contributed by atoms with Crippen LogP contribution in [0.2, 0.25) is 0 Å². The SMILES string of the molecule is NC(=O)c1ccc(NCC2CCN(Cc3ccccc3)CC2)cc1. The number of amides is 1. The van der Waals surface area contributed by atoms with Crippen LogP contribution in [0.3, 0.4) is 0 Å². The van der Waals surface area contributed by atoms with Crippen molar-refractivity contribution in [3.05, 3.63) is 65.7 Å². The van der Waals surface area contributed by atoms with Gasteiger partial charge in [-0.25, -0.2) is 0 Å². The minimum atomic E-state index is -0.382. The Morgan fingerprint density at radius 1 is 1.04 bits per heavy atom. The van der Waals surface area contributed by atoms with Gasteiger partial charge in [0.1, 0.15) is 0 Å². The molecule has 4 nitrogen and oxygen atoms in total. The highest BCUT2D eigenvalue weighted by Gasteiger charge is 2.19. The number of carbonyl (C=O) groups is 1. The van der Waals surface area contributed by atoms with E-state index in [0.717, 1.165) is 31.9 Å². The number of likely N-dealkylation sites (tertiary alicyclic amines) is 1. The van der Waals surface area contributed by atoms with Gasteiger partial charge in [0.05, 0.1) is 0 Å². The second-order valence-electron chi connectivity index (χ2n) is 6.53. The van der Waals surface area contributed by atoms with Crippen LogP contribution in [0.5, 0.6) is 0 Å². The van der Waals surface area contributed by atoms with E-state index in [1.54, 1.807) is 12.1 Å². The molecule has 2 aromatic rings. The number of rotatable bonds is 6. The number of nitrogens with one attached hydrogen (secondary N) is 1. The minimum absolute atomic E-state index is 0.382. The van der Waals surface area contributed by atoms with Gasteiger partial charge in [0.15, 0.2) is 0 Å². The fourth-order valence-corrected chi connectivity index (χ4v) is 3.20. The predicted octanol–water partition coefficient (Wildman–Crippen LogP) is 3.11. The molecule has 1 amide bonds. The van der Waals surface area contributed by atoms with Crippen LogP contribution in [0.25, 0.3) is 0 Å². The number of primary amides is 1. The molecule has 0 aliphatic carbocycles. The molecule has 0 radical (unpaired) electrons. The predicted molar refractivity (Wildman–Crippen MR) is 97.9 cm³/mol. The maximum atomic E-state index is 11.1. The Morgan fingerprint density at radius 2 is 1.71 bits per heavy atom. The normalized spacial score (nSPS) is 16.0. The van der Waals surface area contributed by atoms with Crippen molar-refractivity contribution in [3.63, 3.8) is 0 Å². The lowest BCUT2D eigenvalue weighted by atomic mass is 9.96. The zero-order valence-corrected chi connectivity index (χ0v) is 13.9. The maximum absolute atomic E-state index is 11.1. The van der Waals surface area contributed by atoms with Crippen LogP contribution < -0.4 is 11.1 Å². The van der Waals surface area contributed by atoms with Crippen molar-refractivity contribution in [2.75, 3.05) is 25.0 Å². The van der Waals surface area contributed by atoms with E-state index in [1.165, 1.54) is 18.4 Å². The zero-order valence-electron chi connectivity index (χ0n) is 13.9. The van der Waals surface area contributed by atoms with E-state index in [4.69, 9.17) is 5.73 Å². The summed E-state index contributed by atoms with van der Waals surface area (Å²) < 4.78 is 0. The Hall–Kier alpha value is -2.33. The number of nitrogens with zero attached hydrogens (tertiary/aromatic N) is 1. The Bertz CT molecular complexity index is 646. The van der Waals surface area contributed by atoms with Crippen molar-refractivity contribution in [1.82, 2.24) is 4.90 Å². The van der Waals surface area contributed by atoms with Crippen molar-refractivity contribution in [3.8, 4) is 0 Å². The van der Waals surface area contributed by atoms with Gasteiger partial charge in [-0.3, -0.25) is 9.69 Å². The van der Waals surface area contributed by atoms with Gasteiger partial charge in [0, 0.05) is 24.3 Å². The molecule has 0 spiro atoms. The first-order valence-electron chi connectivity index (χ1n) is 8.61. The van der Waals surface area contributed by atoms with Gasteiger partial charge in [0.2, 0.25) is 5.91 Å². The summed E-state index contributed by atoms with van der Waals surface area (Å²) in [6.07, 6.45) is 2.44. The van der Waals surface area contributed by atoms with Crippen molar-refractivity contribution >= 4 is 11.6 Å². The molecule has 4 heteroatoms. The first kappa shape index (κ1) is 16.5. The van der Waals surface area contributed by atoms with Crippen molar-refractivity contribution < 1.29 is 4.79 Å². The largest absolute Gasteiger partial charge is 0.385 e. The van der Waals surface area contributed by atoms with Crippen molar-refractivity contribution in [2.24, 2.45) is 11.7 Å². The van der Waals surface area contributed by atoms with E-state index in [9.17, 15) is 4.79 Å². The fourth-order valence-electron chi connectivity index (χ4n) is 3.20. The summed E-state index contributed by atoms with van der Waals surface area (Å²) in [4.78, 5) is 13.6. The molecule has 1 heterocycles. The number of benzene rings is 2. The molecule has 0 atom stereocenters. The molecule has 126 valence electrons. The number of anilines is 1. The van der Waals surface area contributed by atoms with Gasteiger partial charge in [-0.05, 0) is 61.7 Å². The van der Waals surface area contributed by atoms with Crippen molar-refractivity contribution in [1.29, 1.82) is 0 Å². The molecule has 1 aliphatic rings. The number of piperidine rings is 1. The monoisotopic (exact) mass is 323 g/mol. The summed E-state index contributed by atoms with van der Waals surface area (Å²) in [6, 6.07) is 18.1. The quantitative estimate of drug-likeness (QED) is 0.859. The third-order valence-electron chi connectivity index (χ3n) is 4.72. The number of hydrogen-bond donors (Lipinski definition) is 2. The van der Waals surface area contributed by atoms with Gasteiger partial charge in [0.25, 0.3) is 0 Å². The molecule has 1 aliphatic heterocycles. The first-order chi connectivity index (χ1) is 11.7. The summed E-state index contributed by atoms with van der Waals surface area (Å²) in [7, 11) is 0. The zero-order chi connectivity index (χ0) is 16.8. The molecular weight excluding hydrogens is 298 g/mol. The lowest BCUT2D eigenvalue weighted by molar-refractivity contribution is 0.100. The molecule has 3 rings (SSSR count). The Labute approximate surface area is 143 Å². The fraction of sp³-hybridized carbons (Fsp3) is 0.350. The molecule has 0 aromatic heterocycles. The Kier molecular flexibility index (Phi) is 5.49. The highest BCUT2D eigenvalue weighted by molar-refractivity contribution is 5.93. The average Bonchev–Trinajstić information content (AvgIpc) is 2.62. The van der Waals surface area contributed by atoms with E-state index in [-0.39, 0.29) is 5.91 Å². The molecule has 0 unspecified atom stereocenters. The van der Waals surface area contributed by atoms with Gasteiger partial charge in [-0.15, -0.1) is 0 Å². The number of carbonyl (C=O) groups excluding carboxylic acids is 1.